The minimum Gasteiger partial charge on any atom is -0.328 e. The summed E-state index contributed by atoms with van der Waals surface area (Å²) in [6.07, 6.45) is 4.29. The Kier molecular flexibility index (Phi) is 5.00. The molecule has 0 bridgehead atoms. The molecule has 0 amide bonds. The average Bonchev–Trinajstić information content (AvgIpc) is 2.48. The zero-order chi connectivity index (χ0) is 15.6. The first-order chi connectivity index (χ1) is 9.93. The Morgan fingerprint density at radius 1 is 1.19 bits per heavy atom. The maximum absolute atomic E-state index is 12.0. The van der Waals surface area contributed by atoms with Crippen LogP contribution in [0.25, 0.3) is 0 Å². The van der Waals surface area contributed by atoms with Crippen LogP contribution in [0.1, 0.15) is 38.3 Å². The van der Waals surface area contributed by atoms with Crippen LogP contribution >= 0.6 is 0 Å². The third kappa shape index (κ3) is 3.44. The quantitative estimate of drug-likeness (QED) is 0.859. The van der Waals surface area contributed by atoms with Crippen LogP contribution in [0.2, 0.25) is 0 Å². The van der Waals surface area contributed by atoms with Gasteiger partial charge in [0.15, 0.2) is 0 Å². The van der Waals surface area contributed by atoms with E-state index in [-0.39, 0.29) is 11.2 Å². The van der Waals surface area contributed by atoms with E-state index in [0.29, 0.717) is 18.6 Å². The summed E-state index contributed by atoms with van der Waals surface area (Å²) in [7, 11) is 3.23. The number of nitrogens with zero attached hydrogens (tertiary/aromatic N) is 3. The summed E-state index contributed by atoms with van der Waals surface area (Å²) in [5, 5.41) is 0. The van der Waals surface area contributed by atoms with E-state index >= 15 is 0 Å². The Hall–Kier alpha value is -1.40. The molecule has 1 aromatic heterocycles. The SMILES string of the molecule is CCN(Cc1cc(=O)n(C)c(=O)n1C)C1CCC(N)CC1. The fraction of sp³-hybridized carbons (Fsp3) is 0.733. The van der Waals surface area contributed by atoms with Gasteiger partial charge in [0.1, 0.15) is 0 Å². The molecule has 1 aromatic rings. The van der Waals surface area contributed by atoms with E-state index in [1.54, 1.807) is 17.7 Å². The van der Waals surface area contributed by atoms with Gasteiger partial charge in [-0.2, -0.15) is 0 Å². The topological polar surface area (TPSA) is 73.3 Å². The molecule has 21 heavy (non-hydrogen) atoms. The Morgan fingerprint density at radius 2 is 1.81 bits per heavy atom. The Labute approximate surface area is 125 Å². The molecule has 0 aromatic carbocycles. The lowest BCUT2D eigenvalue weighted by Crippen LogP contribution is -2.43. The molecule has 0 unspecified atom stereocenters. The van der Waals surface area contributed by atoms with Crippen LogP contribution < -0.4 is 17.0 Å². The molecule has 0 spiro atoms. The standard InChI is InChI=1S/C15H26N4O2/c1-4-19(12-7-5-11(16)6-8-12)10-13-9-14(20)18(3)15(21)17(13)2/h9,11-12H,4-8,10,16H2,1-3H3. The lowest BCUT2D eigenvalue weighted by Gasteiger charge is -2.35. The molecular formula is C15H26N4O2. The maximum Gasteiger partial charge on any atom is 0.330 e. The van der Waals surface area contributed by atoms with Gasteiger partial charge in [0.25, 0.3) is 5.56 Å². The van der Waals surface area contributed by atoms with Gasteiger partial charge in [0.2, 0.25) is 0 Å². The van der Waals surface area contributed by atoms with E-state index in [1.165, 1.54) is 7.05 Å². The maximum atomic E-state index is 12.0. The van der Waals surface area contributed by atoms with Crippen molar-refractivity contribution in [1.82, 2.24) is 14.0 Å². The second kappa shape index (κ2) is 6.58. The molecule has 0 saturated heterocycles. The third-order valence-corrected chi connectivity index (χ3v) is 4.65. The van der Waals surface area contributed by atoms with E-state index in [1.807, 2.05) is 0 Å². The van der Waals surface area contributed by atoms with Gasteiger partial charge in [-0.15, -0.1) is 0 Å². The Morgan fingerprint density at radius 3 is 2.38 bits per heavy atom. The molecule has 6 nitrogen and oxygen atoms in total. The highest BCUT2D eigenvalue weighted by atomic mass is 16.2. The van der Waals surface area contributed by atoms with Crippen LogP contribution in [0.4, 0.5) is 0 Å². The van der Waals surface area contributed by atoms with E-state index in [4.69, 9.17) is 5.73 Å². The third-order valence-electron chi connectivity index (χ3n) is 4.65. The van der Waals surface area contributed by atoms with Crippen LogP contribution in [-0.2, 0) is 20.6 Å². The van der Waals surface area contributed by atoms with Crippen molar-refractivity contribution >= 4 is 0 Å². The van der Waals surface area contributed by atoms with E-state index < -0.39 is 0 Å². The Balaban J connectivity index is 2.19. The van der Waals surface area contributed by atoms with Gasteiger partial charge >= 0.3 is 5.69 Å². The van der Waals surface area contributed by atoms with Crippen LogP contribution in [0.3, 0.4) is 0 Å². The van der Waals surface area contributed by atoms with Gasteiger partial charge in [-0.1, -0.05) is 6.92 Å². The normalized spacial score (nSPS) is 22.7. The van der Waals surface area contributed by atoms with Crippen molar-refractivity contribution < 1.29 is 0 Å². The van der Waals surface area contributed by atoms with Crippen LogP contribution in [0, 0.1) is 0 Å². The van der Waals surface area contributed by atoms with Crippen molar-refractivity contribution in [2.24, 2.45) is 19.8 Å². The minimum atomic E-state index is -0.265. The molecule has 118 valence electrons. The molecule has 1 heterocycles. The predicted octanol–water partition coefficient (Wildman–Crippen LogP) is 0.176. The van der Waals surface area contributed by atoms with Gasteiger partial charge < -0.3 is 5.73 Å². The fourth-order valence-electron chi connectivity index (χ4n) is 3.10. The molecule has 6 heteroatoms. The van der Waals surface area contributed by atoms with Crippen molar-refractivity contribution in [2.75, 3.05) is 6.54 Å². The van der Waals surface area contributed by atoms with Crippen LogP contribution in [-0.4, -0.2) is 32.7 Å². The van der Waals surface area contributed by atoms with Gasteiger partial charge in [-0.25, -0.2) is 4.79 Å². The average molecular weight is 294 g/mol. The highest BCUT2D eigenvalue weighted by Gasteiger charge is 2.24. The molecule has 0 atom stereocenters. The van der Waals surface area contributed by atoms with Gasteiger partial charge in [-0.05, 0) is 32.2 Å². The minimum absolute atomic E-state index is 0.241. The second-order valence-electron chi connectivity index (χ2n) is 6.01. The lowest BCUT2D eigenvalue weighted by atomic mass is 9.90. The first-order valence-electron chi connectivity index (χ1n) is 7.69. The van der Waals surface area contributed by atoms with Crippen molar-refractivity contribution in [3.8, 4) is 0 Å². The van der Waals surface area contributed by atoms with E-state index in [2.05, 4.69) is 11.8 Å². The summed E-state index contributed by atoms with van der Waals surface area (Å²) in [5.74, 6) is 0. The summed E-state index contributed by atoms with van der Waals surface area (Å²) < 4.78 is 2.71. The molecule has 1 aliphatic carbocycles. The fourth-order valence-corrected chi connectivity index (χ4v) is 3.10. The molecule has 1 saturated carbocycles. The molecule has 2 rings (SSSR count). The molecular weight excluding hydrogens is 268 g/mol. The summed E-state index contributed by atoms with van der Waals surface area (Å²) in [6.45, 7) is 3.66. The highest BCUT2D eigenvalue weighted by Crippen LogP contribution is 2.23. The molecule has 1 aliphatic rings. The van der Waals surface area contributed by atoms with Gasteiger partial charge in [0, 0.05) is 44.5 Å². The monoisotopic (exact) mass is 294 g/mol. The van der Waals surface area contributed by atoms with E-state index in [9.17, 15) is 9.59 Å². The van der Waals surface area contributed by atoms with Gasteiger partial charge in [0.05, 0.1) is 0 Å². The van der Waals surface area contributed by atoms with Crippen molar-refractivity contribution in [3.63, 3.8) is 0 Å². The molecule has 0 radical (unpaired) electrons. The summed E-state index contributed by atoms with van der Waals surface area (Å²) >= 11 is 0. The summed E-state index contributed by atoms with van der Waals surface area (Å²) in [4.78, 5) is 26.2. The van der Waals surface area contributed by atoms with Crippen LogP contribution in [0.5, 0.6) is 0 Å². The Bertz CT molecular complexity index is 597. The molecule has 1 fully saturated rings. The first-order valence-corrected chi connectivity index (χ1v) is 7.69. The molecule has 0 aliphatic heterocycles. The zero-order valence-corrected chi connectivity index (χ0v) is 13.2. The van der Waals surface area contributed by atoms with Crippen LogP contribution in [0.15, 0.2) is 15.7 Å². The lowest BCUT2D eigenvalue weighted by molar-refractivity contribution is 0.146. The largest absolute Gasteiger partial charge is 0.330 e. The van der Waals surface area contributed by atoms with E-state index in [0.717, 1.165) is 42.5 Å². The highest BCUT2D eigenvalue weighted by molar-refractivity contribution is 5.02. The number of hydrogen-bond donors (Lipinski definition) is 1. The van der Waals surface area contributed by atoms with Crippen molar-refractivity contribution in [3.05, 3.63) is 32.6 Å². The number of nitrogens with two attached hydrogens (primary N) is 1. The number of hydrogen-bond acceptors (Lipinski definition) is 4. The van der Waals surface area contributed by atoms with Crippen molar-refractivity contribution in [1.29, 1.82) is 0 Å². The van der Waals surface area contributed by atoms with Crippen molar-refractivity contribution in [2.45, 2.75) is 51.2 Å². The second-order valence-corrected chi connectivity index (χ2v) is 6.01. The number of rotatable bonds is 4. The smallest absolute Gasteiger partial charge is 0.328 e. The summed E-state index contributed by atoms with van der Waals surface area (Å²) in [6, 6.07) is 2.39. The first kappa shape index (κ1) is 16.0. The molecule has 2 N–H and O–H groups in total. The van der Waals surface area contributed by atoms with Gasteiger partial charge in [-0.3, -0.25) is 18.8 Å². The number of aromatic nitrogens is 2. The zero-order valence-electron chi connectivity index (χ0n) is 13.2. The summed E-state index contributed by atoms with van der Waals surface area (Å²) in [5.41, 5.74) is 6.24. The predicted molar refractivity (Wildman–Crippen MR) is 83.2 cm³/mol.